The van der Waals surface area contributed by atoms with Gasteiger partial charge in [0.05, 0.1) is 24.9 Å². The summed E-state index contributed by atoms with van der Waals surface area (Å²) in [4.78, 5) is 24.5. The van der Waals surface area contributed by atoms with Gasteiger partial charge in [-0.1, -0.05) is 24.6 Å². The summed E-state index contributed by atoms with van der Waals surface area (Å²) in [7, 11) is 2.92. The van der Waals surface area contributed by atoms with Crippen LogP contribution in [0.4, 0.5) is 11.4 Å². The van der Waals surface area contributed by atoms with E-state index in [0.29, 0.717) is 34.3 Å². The average Bonchev–Trinajstić information content (AvgIpc) is 2.69. The Morgan fingerprint density at radius 2 is 1.72 bits per heavy atom. The van der Waals surface area contributed by atoms with Crippen molar-refractivity contribution in [2.24, 2.45) is 0 Å². The van der Waals surface area contributed by atoms with E-state index in [2.05, 4.69) is 16.0 Å². The molecule has 0 aliphatic heterocycles. The fraction of sp³-hybridized carbons (Fsp3) is 0.250. The molecule has 2 aromatic rings. The van der Waals surface area contributed by atoms with Crippen molar-refractivity contribution in [2.45, 2.75) is 19.8 Å². The lowest BCUT2D eigenvalue weighted by Crippen LogP contribution is -2.34. The third kappa shape index (κ3) is 6.07. The Labute approximate surface area is 179 Å². The zero-order valence-corrected chi connectivity index (χ0v) is 17.9. The zero-order valence-electron chi connectivity index (χ0n) is 16.3. The standard InChI is InChI=1S/C20H22ClN3O4S/c1-4-6-17(25)22-12-9-10-13(21)14(11-12)23-20(29)24-19(26)18-15(27-2)7-5-8-16(18)28-3/h5,7-11H,4,6H2,1-3H3,(H,22,25)(H2,23,24,26,29). The highest BCUT2D eigenvalue weighted by atomic mass is 35.5. The topological polar surface area (TPSA) is 88.7 Å². The lowest BCUT2D eigenvalue weighted by molar-refractivity contribution is -0.116. The SMILES string of the molecule is CCCC(=O)Nc1ccc(Cl)c(NC(=S)NC(=O)c2c(OC)cccc2OC)c1. The summed E-state index contributed by atoms with van der Waals surface area (Å²) in [6.45, 7) is 1.92. The molecule has 0 saturated carbocycles. The largest absolute Gasteiger partial charge is 0.496 e. The Kier molecular flexibility index (Phi) is 8.23. The predicted octanol–water partition coefficient (Wildman–Crippen LogP) is 4.22. The number of methoxy groups -OCH3 is 2. The molecule has 9 heteroatoms. The van der Waals surface area contributed by atoms with Gasteiger partial charge in [-0.2, -0.15) is 0 Å². The maximum atomic E-state index is 12.7. The fourth-order valence-electron chi connectivity index (χ4n) is 2.54. The molecule has 0 saturated heterocycles. The summed E-state index contributed by atoms with van der Waals surface area (Å²) in [5.41, 5.74) is 1.22. The summed E-state index contributed by atoms with van der Waals surface area (Å²) < 4.78 is 10.5. The van der Waals surface area contributed by atoms with Gasteiger partial charge in [-0.05, 0) is 49.0 Å². The van der Waals surface area contributed by atoms with E-state index in [1.807, 2.05) is 6.92 Å². The van der Waals surface area contributed by atoms with Gasteiger partial charge >= 0.3 is 0 Å². The van der Waals surface area contributed by atoms with Gasteiger partial charge in [0.2, 0.25) is 5.91 Å². The third-order valence-electron chi connectivity index (χ3n) is 3.86. The van der Waals surface area contributed by atoms with Gasteiger partial charge in [0, 0.05) is 12.1 Å². The second kappa shape index (κ2) is 10.6. The number of nitrogens with one attached hydrogen (secondary N) is 3. The molecular weight excluding hydrogens is 414 g/mol. The van der Waals surface area contributed by atoms with Crippen LogP contribution in [0, 0.1) is 0 Å². The molecule has 0 heterocycles. The zero-order chi connectivity index (χ0) is 21.4. The van der Waals surface area contributed by atoms with Crippen molar-refractivity contribution in [3.8, 4) is 11.5 Å². The molecule has 2 rings (SSSR count). The smallest absolute Gasteiger partial charge is 0.264 e. The number of hydrogen-bond donors (Lipinski definition) is 3. The van der Waals surface area contributed by atoms with Gasteiger partial charge in [-0.3, -0.25) is 14.9 Å². The summed E-state index contributed by atoms with van der Waals surface area (Å²) in [5, 5.41) is 8.63. The minimum absolute atomic E-state index is 0.0295. The molecule has 0 fully saturated rings. The Morgan fingerprint density at radius 1 is 1.07 bits per heavy atom. The van der Waals surface area contributed by atoms with Gasteiger partial charge in [0.15, 0.2) is 5.11 Å². The van der Waals surface area contributed by atoms with Crippen LogP contribution < -0.4 is 25.4 Å². The molecule has 0 radical (unpaired) electrons. The summed E-state index contributed by atoms with van der Waals surface area (Å²) in [6, 6.07) is 9.95. The Bertz CT molecular complexity index is 898. The second-order valence-corrected chi connectivity index (χ2v) is 6.75. The number of carbonyl (C=O) groups is 2. The van der Waals surface area contributed by atoms with Crippen LogP contribution in [-0.2, 0) is 4.79 Å². The van der Waals surface area contributed by atoms with Gasteiger partial charge in [-0.15, -0.1) is 0 Å². The van der Waals surface area contributed by atoms with Crippen LogP contribution in [0.15, 0.2) is 36.4 Å². The fourth-order valence-corrected chi connectivity index (χ4v) is 2.91. The van der Waals surface area contributed by atoms with Crippen LogP contribution in [0.1, 0.15) is 30.1 Å². The number of anilines is 2. The van der Waals surface area contributed by atoms with Crippen molar-refractivity contribution in [3.05, 3.63) is 47.0 Å². The molecule has 2 aromatic carbocycles. The Morgan fingerprint density at radius 3 is 2.31 bits per heavy atom. The molecule has 29 heavy (non-hydrogen) atoms. The van der Waals surface area contributed by atoms with Gasteiger partial charge in [0.25, 0.3) is 5.91 Å². The molecule has 7 nitrogen and oxygen atoms in total. The van der Waals surface area contributed by atoms with Crippen LogP contribution in [-0.4, -0.2) is 31.1 Å². The lowest BCUT2D eigenvalue weighted by Gasteiger charge is -2.15. The first-order chi connectivity index (χ1) is 13.9. The third-order valence-corrected chi connectivity index (χ3v) is 4.39. The van der Waals surface area contributed by atoms with Crippen LogP contribution in [0.25, 0.3) is 0 Å². The number of thiocarbonyl (C=S) groups is 1. The van der Waals surface area contributed by atoms with E-state index in [4.69, 9.17) is 33.3 Å². The monoisotopic (exact) mass is 435 g/mol. The van der Waals surface area contributed by atoms with E-state index < -0.39 is 5.91 Å². The van der Waals surface area contributed by atoms with E-state index in [1.54, 1.807) is 36.4 Å². The summed E-state index contributed by atoms with van der Waals surface area (Å²) in [5.74, 6) is 0.104. The first-order valence-corrected chi connectivity index (χ1v) is 9.61. The highest BCUT2D eigenvalue weighted by molar-refractivity contribution is 7.80. The summed E-state index contributed by atoms with van der Waals surface area (Å²) in [6.07, 6.45) is 1.16. The normalized spacial score (nSPS) is 10.1. The molecule has 0 aliphatic rings. The van der Waals surface area contributed by atoms with E-state index in [0.717, 1.165) is 6.42 Å². The van der Waals surface area contributed by atoms with Crippen LogP contribution >= 0.6 is 23.8 Å². The van der Waals surface area contributed by atoms with Crippen LogP contribution in [0.2, 0.25) is 5.02 Å². The maximum absolute atomic E-state index is 12.7. The molecule has 2 amide bonds. The molecule has 0 bridgehead atoms. The van der Waals surface area contributed by atoms with Crippen molar-refractivity contribution in [1.82, 2.24) is 5.32 Å². The number of halogens is 1. The number of rotatable bonds is 7. The highest BCUT2D eigenvalue weighted by Crippen LogP contribution is 2.28. The Hall–Kier alpha value is -2.84. The molecular formula is C20H22ClN3O4S. The second-order valence-electron chi connectivity index (χ2n) is 5.94. The summed E-state index contributed by atoms with van der Waals surface area (Å²) >= 11 is 11.4. The first kappa shape index (κ1) is 22.4. The number of benzene rings is 2. The molecule has 0 aromatic heterocycles. The van der Waals surface area contributed by atoms with Crippen molar-refractivity contribution in [3.63, 3.8) is 0 Å². The van der Waals surface area contributed by atoms with Crippen molar-refractivity contribution < 1.29 is 19.1 Å². The van der Waals surface area contributed by atoms with E-state index in [-0.39, 0.29) is 16.6 Å². The minimum Gasteiger partial charge on any atom is -0.496 e. The highest BCUT2D eigenvalue weighted by Gasteiger charge is 2.19. The maximum Gasteiger partial charge on any atom is 0.264 e. The first-order valence-electron chi connectivity index (χ1n) is 8.82. The van der Waals surface area contributed by atoms with Gasteiger partial charge in [-0.25, -0.2) is 0 Å². The number of ether oxygens (including phenoxy) is 2. The quantitative estimate of drug-likeness (QED) is 0.564. The van der Waals surface area contributed by atoms with Gasteiger partial charge < -0.3 is 20.1 Å². The minimum atomic E-state index is -0.500. The lowest BCUT2D eigenvalue weighted by atomic mass is 10.1. The number of hydrogen-bond acceptors (Lipinski definition) is 5. The molecule has 0 atom stereocenters. The molecule has 0 aliphatic carbocycles. The molecule has 3 N–H and O–H groups in total. The van der Waals surface area contributed by atoms with E-state index in [9.17, 15) is 9.59 Å². The molecule has 154 valence electrons. The van der Waals surface area contributed by atoms with Crippen LogP contribution in [0.5, 0.6) is 11.5 Å². The molecule has 0 spiro atoms. The average molecular weight is 436 g/mol. The van der Waals surface area contributed by atoms with Crippen molar-refractivity contribution in [1.29, 1.82) is 0 Å². The van der Waals surface area contributed by atoms with Crippen molar-refractivity contribution in [2.75, 3.05) is 24.9 Å². The van der Waals surface area contributed by atoms with E-state index >= 15 is 0 Å². The molecule has 0 unspecified atom stereocenters. The number of amides is 2. The predicted molar refractivity (Wildman–Crippen MR) is 118 cm³/mol. The van der Waals surface area contributed by atoms with Gasteiger partial charge in [0.1, 0.15) is 17.1 Å². The van der Waals surface area contributed by atoms with Crippen molar-refractivity contribution >= 4 is 52.1 Å². The van der Waals surface area contributed by atoms with E-state index in [1.165, 1.54) is 14.2 Å². The van der Waals surface area contributed by atoms with Crippen LogP contribution in [0.3, 0.4) is 0 Å². The number of carbonyl (C=O) groups excluding carboxylic acids is 2. The Balaban J connectivity index is 2.13.